The quantitative estimate of drug-likeness (QED) is 0.0149. The minimum Gasteiger partial charge on any atom is -0.454 e. The van der Waals surface area contributed by atoms with E-state index in [1.54, 1.807) is 6.08 Å². The van der Waals surface area contributed by atoms with Gasteiger partial charge in [0.1, 0.15) is 24.4 Å². The lowest BCUT2D eigenvalue weighted by Crippen LogP contribution is -2.61. The van der Waals surface area contributed by atoms with Crippen molar-refractivity contribution in [3.63, 3.8) is 0 Å². The first-order valence-electron chi connectivity index (χ1n) is 29.1. The number of carbonyl (C=O) groups excluding carboxylic acids is 2. The molecule has 8 atom stereocenters. The minimum atomic E-state index is -1.64. The third-order valence-corrected chi connectivity index (χ3v) is 13.1. The number of aliphatic hydroxyl groups excluding tert-OH is 5. The number of nitrogens with one attached hydrogen (secondary N) is 1. The summed E-state index contributed by atoms with van der Waals surface area (Å²) in [5, 5.41) is 56.8. The lowest BCUT2D eigenvalue weighted by atomic mass is 9.99. The van der Waals surface area contributed by atoms with Gasteiger partial charge in [-0.15, -0.1) is 0 Å². The lowest BCUT2D eigenvalue weighted by molar-refractivity contribution is -0.305. The smallest absolute Gasteiger partial charge is 0.306 e. The second-order valence-corrected chi connectivity index (χ2v) is 19.8. The van der Waals surface area contributed by atoms with Crippen molar-refractivity contribution in [1.29, 1.82) is 0 Å². The molecule has 0 saturated carbocycles. The maximum absolute atomic E-state index is 13.4. The highest BCUT2D eigenvalue weighted by Crippen LogP contribution is 2.26. The van der Waals surface area contributed by atoms with E-state index in [-0.39, 0.29) is 19.4 Å². The second-order valence-electron chi connectivity index (χ2n) is 19.8. The molecule has 1 amide bonds. The van der Waals surface area contributed by atoms with Crippen molar-refractivity contribution in [2.45, 2.75) is 269 Å². The molecule has 418 valence electrons. The van der Waals surface area contributed by atoms with Crippen LogP contribution in [0.2, 0.25) is 0 Å². The SMILES string of the molecule is CC/C=C/C=C/C=C\C=C/C=C/CCCCCC(=O)OC1C(OCC(NC(=O)C(O)CCCCCCCC/C=C\C/C=C\CCCCC)C(O)/C=C/CCCCCCCCCCCCC)OC(CO)C(O)C1O. The van der Waals surface area contributed by atoms with Crippen molar-refractivity contribution in [3.8, 4) is 0 Å². The maximum Gasteiger partial charge on any atom is 0.306 e. The Kier molecular flexibility index (Phi) is 45.8. The normalized spacial score (nSPS) is 20.1. The Morgan fingerprint density at radius 1 is 0.562 bits per heavy atom. The van der Waals surface area contributed by atoms with Gasteiger partial charge in [-0.25, -0.2) is 0 Å². The van der Waals surface area contributed by atoms with Crippen LogP contribution in [0.4, 0.5) is 0 Å². The van der Waals surface area contributed by atoms with Gasteiger partial charge in [0, 0.05) is 6.42 Å². The summed E-state index contributed by atoms with van der Waals surface area (Å²) in [4.78, 5) is 26.5. The number of hydrogen-bond donors (Lipinski definition) is 6. The number of unbranched alkanes of at least 4 members (excludes halogenated alkanes) is 23. The van der Waals surface area contributed by atoms with E-state index in [4.69, 9.17) is 14.2 Å². The fraction of sp³-hybridized carbons (Fsp3) is 0.710. The van der Waals surface area contributed by atoms with E-state index in [1.165, 1.54) is 77.0 Å². The van der Waals surface area contributed by atoms with Crippen LogP contribution in [0, 0.1) is 0 Å². The van der Waals surface area contributed by atoms with Crippen LogP contribution in [-0.2, 0) is 23.8 Å². The average Bonchev–Trinajstić information content (AvgIpc) is 3.39. The molecule has 0 aromatic heterocycles. The summed E-state index contributed by atoms with van der Waals surface area (Å²) in [7, 11) is 0. The molecule has 1 aliphatic heterocycles. The molecule has 8 unspecified atom stereocenters. The zero-order valence-corrected chi connectivity index (χ0v) is 46.0. The Hall–Kier alpha value is -3.42. The van der Waals surface area contributed by atoms with Gasteiger partial charge < -0.3 is 45.1 Å². The van der Waals surface area contributed by atoms with Crippen molar-refractivity contribution >= 4 is 11.9 Å². The molecule has 1 fully saturated rings. The molecular weight excluding hydrogens is 919 g/mol. The van der Waals surface area contributed by atoms with E-state index in [0.29, 0.717) is 12.8 Å². The molecule has 0 aromatic rings. The van der Waals surface area contributed by atoms with Gasteiger partial charge in [-0.3, -0.25) is 9.59 Å². The van der Waals surface area contributed by atoms with Crippen LogP contribution in [0.15, 0.2) is 97.2 Å². The number of rotatable bonds is 47. The van der Waals surface area contributed by atoms with Crippen molar-refractivity contribution in [3.05, 3.63) is 97.2 Å². The molecule has 0 spiro atoms. The predicted octanol–water partition coefficient (Wildman–Crippen LogP) is 13.2. The van der Waals surface area contributed by atoms with Crippen molar-refractivity contribution < 1.29 is 49.3 Å². The minimum absolute atomic E-state index is 0.0687. The Morgan fingerprint density at radius 2 is 1.04 bits per heavy atom. The van der Waals surface area contributed by atoms with Crippen LogP contribution in [0.3, 0.4) is 0 Å². The van der Waals surface area contributed by atoms with E-state index in [2.05, 4.69) is 62.5 Å². The Morgan fingerprint density at radius 3 is 1.62 bits per heavy atom. The summed E-state index contributed by atoms with van der Waals surface area (Å²) >= 11 is 0. The number of hydrogen-bond acceptors (Lipinski definition) is 10. The Labute approximate surface area is 444 Å². The van der Waals surface area contributed by atoms with Gasteiger partial charge in [-0.2, -0.15) is 0 Å². The molecule has 0 bridgehead atoms. The third kappa shape index (κ3) is 37.9. The van der Waals surface area contributed by atoms with Gasteiger partial charge in [-0.05, 0) is 77.0 Å². The van der Waals surface area contributed by atoms with Gasteiger partial charge in [-0.1, -0.05) is 234 Å². The number of allylic oxidation sites excluding steroid dienone is 15. The first-order chi connectivity index (χ1) is 35.7. The fourth-order valence-electron chi connectivity index (χ4n) is 8.47. The number of amides is 1. The molecule has 73 heavy (non-hydrogen) atoms. The van der Waals surface area contributed by atoms with Gasteiger partial charge in [0.25, 0.3) is 0 Å². The molecule has 11 heteroatoms. The Balaban J connectivity index is 2.78. The van der Waals surface area contributed by atoms with Crippen molar-refractivity contribution in [2.24, 2.45) is 0 Å². The van der Waals surface area contributed by atoms with Crippen LogP contribution in [0.1, 0.15) is 220 Å². The molecule has 1 saturated heterocycles. The van der Waals surface area contributed by atoms with E-state index in [9.17, 15) is 35.1 Å². The van der Waals surface area contributed by atoms with Crippen LogP contribution in [0.25, 0.3) is 0 Å². The number of esters is 1. The highest BCUT2D eigenvalue weighted by Gasteiger charge is 2.47. The van der Waals surface area contributed by atoms with Gasteiger partial charge in [0.15, 0.2) is 12.4 Å². The van der Waals surface area contributed by atoms with E-state index < -0.39 is 67.4 Å². The molecule has 1 heterocycles. The lowest BCUT2D eigenvalue weighted by Gasteiger charge is -2.41. The van der Waals surface area contributed by atoms with E-state index >= 15 is 0 Å². The molecule has 1 aliphatic rings. The highest BCUT2D eigenvalue weighted by molar-refractivity contribution is 5.80. The van der Waals surface area contributed by atoms with Crippen molar-refractivity contribution in [2.75, 3.05) is 13.2 Å². The summed E-state index contributed by atoms with van der Waals surface area (Å²) < 4.78 is 17.5. The van der Waals surface area contributed by atoms with Crippen LogP contribution < -0.4 is 5.32 Å². The number of aliphatic hydroxyl groups is 5. The van der Waals surface area contributed by atoms with Crippen molar-refractivity contribution in [1.82, 2.24) is 5.32 Å². The topological polar surface area (TPSA) is 175 Å². The monoisotopic (exact) mass is 1020 g/mol. The maximum atomic E-state index is 13.4. The number of ether oxygens (including phenoxy) is 3. The van der Waals surface area contributed by atoms with Gasteiger partial charge in [0.05, 0.1) is 25.4 Å². The first-order valence-corrected chi connectivity index (χ1v) is 29.1. The van der Waals surface area contributed by atoms with E-state index in [1.807, 2.05) is 54.7 Å². The fourth-order valence-corrected chi connectivity index (χ4v) is 8.47. The molecule has 0 radical (unpaired) electrons. The summed E-state index contributed by atoms with van der Waals surface area (Å²) in [6.07, 6.45) is 54.4. The number of carbonyl (C=O) groups is 2. The third-order valence-electron chi connectivity index (χ3n) is 13.1. The van der Waals surface area contributed by atoms with E-state index in [0.717, 1.165) is 96.3 Å². The summed E-state index contributed by atoms with van der Waals surface area (Å²) in [5.74, 6) is -1.25. The summed E-state index contributed by atoms with van der Waals surface area (Å²) in [6.45, 7) is 5.57. The zero-order chi connectivity index (χ0) is 53.3. The van der Waals surface area contributed by atoms with Gasteiger partial charge >= 0.3 is 5.97 Å². The zero-order valence-electron chi connectivity index (χ0n) is 46.0. The average molecular weight is 1020 g/mol. The van der Waals surface area contributed by atoms with Crippen LogP contribution >= 0.6 is 0 Å². The largest absolute Gasteiger partial charge is 0.454 e. The van der Waals surface area contributed by atoms with Crippen LogP contribution in [0.5, 0.6) is 0 Å². The summed E-state index contributed by atoms with van der Waals surface area (Å²) in [6, 6.07) is -1.04. The standard InChI is InChI=1S/C62H105NO10/c1-4-7-10-13-16-19-22-25-27-29-31-34-37-40-43-46-49-55(66)61(70)63-53(54(65)48-45-42-39-36-33-30-24-21-18-15-12-9-6-3)52-71-62-60(59(69)58(68)56(51-64)72-62)73-57(67)50-47-44-41-38-35-32-28-26-23-20-17-14-11-8-5-2/h8,11,14,16-17,19-20,23,25-28,32,35,45,48,53-56,58-60,62,64-66,68-69H,4-7,9-10,12-13,15,18,21-22,24,29-31,33-34,36-44,46-47,49-52H2,1-3H3,(H,63,70)/b11-8+,17-14+,19-16-,23-20-,27-25-,28-26-,35-32+,48-45+. The summed E-state index contributed by atoms with van der Waals surface area (Å²) in [5.41, 5.74) is 0. The first kappa shape index (κ1) is 67.6. The molecule has 1 rings (SSSR count). The Bertz CT molecular complexity index is 1550. The predicted molar refractivity (Wildman–Crippen MR) is 301 cm³/mol. The van der Waals surface area contributed by atoms with Crippen LogP contribution in [-0.4, -0.2) is 99.6 Å². The van der Waals surface area contributed by atoms with Gasteiger partial charge in [0.2, 0.25) is 5.91 Å². The molecule has 11 nitrogen and oxygen atoms in total. The highest BCUT2D eigenvalue weighted by atomic mass is 16.7. The molecule has 0 aliphatic carbocycles. The molecular formula is C62H105NO10. The molecule has 0 aromatic carbocycles. The molecule has 6 N–H and O–H groups in total. The second kappa shape index (κ2) is 49.5.